The summed E-state index contributed by atoms with van der Waals surface area (Å²) in [5.41, 5.74) is 1.04. The Kier molecular flexibility index (Phi) is 9.76. The SMILES string of the molecule is CC[C@@H](C)NC(=O)[C@@H](C)N(Cc1cccc(Cl)c1)C(=O)CN(c1ccc(OC)cc1)S(C)(=O)=O. The molecule has 0 heterocycles. The number of carbonyl (C=O) groups is 2. The van der Waals surface area contributed by atoms with Crippen LogP contribution >= 0.6 is 11.6 Å². The van der Waals surface area contributed by atoms with Crippen molar-refractivity contribution in [3.05, 3.63) is 59.1 Å². The summed E-state index contributed by atoms with van der Waals surface area (Å²) in [6.07, 6.45) is 1.77. The first-order valence-corrected chi connectivity index (χ1v) is 13.1. The first kappa shape index (κ1) is 27.5. The molecule has 0 saturated heterocycles. The van der Waals surface area contributed by atoms with Gasteiger partial charge in [-0.05, 0) is 62.2 Å². The minimum absolute atomic E-state index is 0.0649. The van der Waals surface area contributed by atoms with Crippen LogP contribution in [0.5, 0.6) is 5.75 Å². The summed E-state index contributed by atoms with van der Waals surface area (Å²) in [6.45, 7) is 5.08. The van der Waals surface area contributed by atoms with E-state index < -0.39 is 28.5 Å². The van der Waals surface area contributed by atoms with Gasteiger partial charge in [0.05, 0.1) is 19.1 Å². The third-order valence-corrected chi connectivity index (χ3v) is 6.83. The third kappa shape index (κ3) is 7.63. The molecule has 0 bridgehead atoms. The van der Waals surface area contributed by atoms with Gasteiger partial charge in [-0.1, -0.05) is 30.7 Å². The highest BCUT2D eigenvalue weighted by molar-refractivity contribution is 7.92. The molecule has 186 valence electrons. The number of nitrogens with one attached hydrogen (secondary N) is 1. The van der Waals surface area contributed by atoms with Crippen molar-refractivity contribution in [3.63, 3.8) is 0 Å². The largest absolute Gasteiger partial charge is 0.497 e. The average Bonchev–Trinajstić information content (AvgIpc) is 2.79. The molecule has 8 nitrogen and oxygen atoms in total. The summed E-state index contributed by atoms with van der Waals surface area (Å²) in [4.78, 5) is 27.7. The van der Waals surface area contributed by atoms with Crippen molar-refractivity contribution in [2.45, 2.75) is 45.8 Å². The lowest BCUT2D eigenvalue weighted by molar-refractivity contribution is -0.139. The molecule has 0 aliphatic heterocycles. The lowest BCUT2D eigenvalue weighted by Gasteiger charge is -2.32. The van der Waals surface area contributed by atoms with Gasteiger partial charge in [-0.15, -0.1) is 0 Å². The Bertz CT molecular complexity index is 1090. The van der Waals surface area contributed by atoms with Crippen molar-refractivity contribution in [1.82, 2.24) is 10.2 Å². The van der Waals surface area contributed by atoms with Gasteiger partial charge in [-0.3, -0.25) is 13.9 Å². The van der Waals surface area contributed by atoms with Crippen molar-refractivity contribution in [2.24, 2.45) is 0 Å². The van der Waals surface area contributed by atoms with Gasteiger partial charge in [0.2, 0.25) is 21.8 Å². The predicted molar refractivity (Wildman–Crippen MR) is 135 cm³/mol. The zero-order valence-corrected chi connectivity index (χ0v) is 21.7. The molecule has 2 aromatic carbocycles. The van der Waals surface area contributed by atoms with Gasteiger partial charge in [0, 0.05) is 17.6 Å². The normalized spacial score (nSPS) is 13.0. The summed E-state index contributed by atoms with van der Waals surface area (Å²) in [7, 11) is -2.28. The van der Waals surface area contributed by atoms with Gasteiger partial charge in [0.25, 0.3) is 0 Å². The number of nitrogens with zero attached hydrogens (tertiary/aromatic N) is 2. The molecule has 0 fully saturated rings. The number of methoxy groups -OCH3 is 1. The van der Waals surface area contributed by atoms with Crippen molar-refractivity contribution in [1.29, 1.82) is 0 Å². The molecule has 0 aliphatic rings. The minimum atomic E-state index is -3.79. The van der Waals surface area contributed by atoms with Crippen LogP contribution in [0, 0.1) is 0 Å². The topological polar surface area (TPSA) is 96.0 Å². The number of hydrogen-bond acceptors (Lipinski definition) is 5. The molecule has 0 radical (unpaired) electrons. The summed E-state index contributed by atoms with van der Waals surface area (Å²) < 4.78 is 31.3. The van der Waals surface area contributed by atoms with E-state index in [1.165, 1.54) is 12.0 Å². The Hall–Kier alpha value is -2.78. The fourth-order valence-electron chi connectivity index (χ4n) is 3.24. The van der Waals surface area contributed by atoms with Crippen molar-refractivity contribution < 1.29 is 22.7 Å². The second kappa shape index (κ2) is 12.1. The van der Waals surface area contributed by atoms with Crippen LogP contribution in [-0.2, 0) is 26.2 Å². The number of sulfonamides is 1. The van der Waals surface area contributed by atoms with E-state index >= 15 is 0 Å². The number of halogens is 1. The van der Waals surface area contributed by atoms with Crippen molar-refractivity contribution in [3.8, 4) is 5.75 Å². The fraction of sp³-hybridized carbons (Fsp3) is 0.417. The zero-order chi connectivity index (χ0) is 25.5. The molecule has 2 amide bonds. The maximum absolute atomic E-state index is 13.5. The molecule has 34 heavy (non-hydrogen) atoms. The second-order valence-corrected chi connectivity index (χ2v) is 10.5. The lowest BCUT2D eigenvalue weighted by atomic mass is 10.1. The van der Waals surface area contributed by atoms with Crippen LogP contribution in [0.25, 0.3) is 0 Å². The molecular formula is C24H32ClN3O5S. The Morgan fingerprint density at radius 1 is 1.12 bits per heavy atom. The quantitative estimate of drug-likeness (QED) is 0.500. The molecule has 2 rings (SSSR count). The van der Waals surface area contributed by atoms with Gasteiger partial charge in [-0.25, -0.2) is 8.42 Å². The van der Waals surface area contributed by atoms with Crippen LogP contribution in [0.3, 0.4) is 0 Å². The molecule has 0 aliphatic carbocycles. The molecular weight excluding hydrogens is 478 g/mol. The molecule has 10 heteroatoms. The maximum Gasteiger partial charge on any atom is 0.244 e. The first-order valence-electron chi connectivity index (χ1n) is 10.9. The highest BCUT2D eigenvalue weighted by Crippen LogP contribution is 2.22. The van der Waals surface area contributed by atoms with Crippen LogP contribution in [0.1, 0.15) is 32.8 Å². The highest BCUT2D eigenvalue weighted by atomic mass is 35.5. The van der Waals surface area contributed by atoms with Gasteiger partial charge in [0.15, 0.2) is 0 Å². The van der Waals surface area contributed by atoms with Crippen LogP contribution < -0.4 is 14.4 Å². The zero-order valence-electron chi connectivity index (χ0n) is 20.1. The van der Waals surface area contributed by atoms with E-state index in [1.807, 2.05) is 13.8 Å². The van der Waals surface area contributed by atoms with E-state index in [0.29, 0.717) is 16.5 Å². The average molecular weight is 510 g/mol. The smallest absolute Gasteiger partial charge is 0.244 e. The number of benzene rings is 2. The van der Waals surface area contributed by atoms with Gasteiger partial charge < -0.3 is 15.0 Å². The van der Waals surface area contributed by atoms with E-state index in [1.54, 1.807) is 55.5 Å². The van der Waals surface area contributed by atoms with Crippen LogP contribution in [-0.4, -0.2) is 57.1 Å². The summed E-state index contributed by atoms with van der Waals surface area (Å²) in [6, 6.07) is 12.4. The summed E-state index contributed by atoms with van der Waals surface area (Å²) >= 11 is 6.11. The summed E-state index contributed by atoms with van der Waals surface area (Å²) in [5, 5.41) is 3.38. The molecule has 2 atom stereocenters. The standard InChI is InChI=1S/C24H32ClN3O5S/c1-6-17(2)26-24(30)18(3)27(15-19-8-7-9-20(25)14-19)23(29)16-28(34(5,31)32)21-10-12-22(33-4)13-11-21/h7-14,17-18H,6,15-16H2,1-5H3,(H,26,30)/t17-,18-/m1/s1. The number of anilines is 1. The van der Waals surface area contributed by atoms with E-state index in [9.17, 15) is 18.0 Å². The second-order valence-electron chi connectivity index (χ2n) is 8.11. The maximum atomic E-state index is 13.5. The summed E-state index contributed by atoms with van der Waals surface area (Å²) in [5.74, 6) is -0.283. The highest BCUT2D eigenvalue weighted by Gasteiger charge is 2.30. The number of rotatable bonds is 11. The Morgan fingerprint density at radius 2 is 1.76 bits per heavy atom. The number of hydrogen-bond donors (Lipinski definition) is 1. The lowest BCUT2D eigenvalue weighted by Crippen LogP contribution is -2.52. The Labute approximate surface area is 206 Å². The van der Waals surface area contributed by atoms with Gasteiger partial charge in [-0.2, -0.15) is 0 Å². The fourth-order valence-corrected chi connectivity index (χ4v) is 4.30. The number of amides is 2. The van der Waals surface area contributed by atoms with E-state index in [-0.39, 0.29) is 18.5 Å². The molecule has 0 unspecified atom stereocenters. The molecule has 0 saturated carbocycles. The van der Waals surface area contributed by atoms with E-state index in [4.69, 9.17) is 16.3 Å². The predicted octanol–water partition coefficient (Wildman–Crippen LogP) is 3.45. The molecule has 2 aromatic rings. The van der Waals surface area contributed by atoms with Crippen molar-refractivity contribution >= 4 is 39.1 Å². The van der Waals surface area contributed by atoms with Crippen molar-refractivity contribution in [2.75, 3.05) is 24.2 Å². The Balaban J connectivity index is 2.37. The van der Waals surface area contributed by atoms with E-state index in [0.717, 1.165) is 22.5 Å². The minimum Gasteiger partial charge on any atom is -0.497 e. The molecule has 0 aromatic heterocycles. The van der Waals surface area contributed by atoms with Crippen LogP contribution in [0.15, 0.2) is 48.5 Å². The van der Waals surface area contributed by atoms with Gasteiger partial charge in [0.1, 0.15) is 18.3 Å². The van der Waals surface area contributed by atoms with E-state index in [2.05, 4.69) is 5.32 Å². The molecule has 0 spiro atoms. The van der Waals surface area contributed by atoms with Crippen LogP contribution in [0.4, 0.5) is 5.69 Å². The first-order chi connectivity index (χ1) is 16.0. The third-order valence-electron chi connectivity index (χ3n) is 5.45. The molecule has 1 N–H and O–H groups in total. The monoisotopic (exact) mass is 509 g/mol. The van der Waals surface area contributed by atoms with Gasteiger partial charge >= 0.3 is 0 Å². The number of ether oxygens (including phenoxy) is 1. The number of carbonyl (C=O) groups excluding carboxylic acids is 2. The Morgan fingerprint density at radius 3 is 2.29 bits per heavy atom. The van der Waals surface area contributed by atoms with Crippen LogP contribution in [0.2, 0.25) is 5.02 Å².